The smallest absolute Gasteiger partial charge is 0.355 e. The highest BCUT2D eigenvalue weighted by Crippen LogP contribution is 2.47. The number of rotatable bonds is 5. The van der Waals surface area contributed by atoms with Crippen LogP contribution in [0.5, 0.6) is 0 Å². The third kappa shape index (κ3) is 3.91. The van der Waals surface area contributed by atoms with Crippen molar-refractivity contribution in [3.05, 3.63) is 0 Å². The number of alkyl halides is 7. The molecule has 0 heterocycles. The standard InChI is InChI=1S/C8H9F8NO2/c1-2-3-17-5(18)4(7(10,11)12)6(9,19-16)8(13,14)15/h4H,2-3H2,1H3,(H,17,18). The molecule has 0 saturated carbocycles. The predicted molar refractivity (Wildman–Crippen MR) is 44.9 cm³/mol. The zero-order valence-corrected chi connectivity index (χ0v) is 9.33. The van der Waals surface area contributed by atoms with Crippen molar-refractivity contribution in [3.63, 3.8) is 0 Å². The molecule has 0 radical (unpaired) electrons. The van der Waals surface area contributed by atoms with Gasteiger partial charge in [0.25, 0.3) is 0 Å². The molecular weight excluding hydrogens is 294 g/mol. The molecule has 1 amide bonds. The van der Waals surface area contributed by atoms with Crippen molar-refractivity contribution in [1.82, 2.24) is 5.32 Å². The van der Waals surface area contributed by atoms with E-state index in [4.69, 9.17) is 0 Å². The van der Waals surface area contributed by atoms with Crippen molar-refractivity contribution in [2.24, 2.45) is 5.92 Å². The summed E-state index contributed by atoms with van der Waals surface area (Å²) >= 11 is 0. The molecule has 2 unspecified atom stereocenters. The van der Waals surface area contributed by atoms with Crippen LogP contribution >= 0.6 is 0 Å². The molecule has 0 aliphatic heterocycles. The Balaban J connectivity index is 5.54. The number of hydrogen-bond acceptors (Lipinski definition) is 2. The Morgan fingerprint density at radius 3 is 1.89 bits per heavy atom. The van der Waals surface area contributed by atoms with E-state index in [0.29, 0.717) is 0 Å². The molecule has 0 fully saturated rings. The molecule has 2 atom stereocenters. The summed E-state index contributed by atoms with van der Waals surface area (Å²) in [6.07, 6.45) is -12.3. The molecule has 0 aromatic rings. The van der Waals surface area contributed by atoms with Crippen molar-refractivity contribution in [1.29, 1.82) is 0 Å². The average Bonchev–Trinajstić information content (AvgIpc) is 2.22. The third-order valence-corrected chi connectivity index (χ3v) is 2.01. The quantitative estimate of drug-likeness (QED) is 0.793. The Morgan fingerprint density at radius 2 is 1.63 bits per heavy atom. The van der Waals surface area contributed by atoms with Gasteiger partial charge in [0.2, 0.25) is 11.8 Å². The molecule has 0 saturated heterocycles. The maximum Gasteiger partial charge on any atom is 0.452 e. The van der Waals surface area contributed by atoms with Gasteiger partial charge in [-0.25, -0.2) is 0 Å². The van der Waals surface area contributed by atoms with Gasteiger partial charge >= 0.3 is 18.2 Å². The lowest BCUT2D eigenvalue weighted by Gasteiger charge is -2.31. The van der Waals surface area contributed by atoms with Crippen LogP contribution in [0, 0.1) is 5.92 Å². The van der Waals surface area contributed by atoms with Gasteiger partial charge in [0, 0.05) is 6.54 Å². The van der Waals surface area contributed by atoms with Crippen molar-refractivity contribution < 1.29 is 45.0 Å². The first-order valence-electron chi connectivity index (χ1n) is 4.81. The summed E-state index contributed by atoms with van der Waals surface area (Å²) in [7, 11) is 0. The van der Waals surface area contributed by atoms with Gasteiger partial charge in [-0.05, 0) is 10.9 Å². The van der Waals surface area contributed by atoms with E-state index in [-0.39, 0.29) is 6.42 Å². The van der Waals surface area contributed by atoms with Crippen LogP contribution in [0.3, 0.4) is 0 Å². The topological polar surface area (TPSA) is 38.3 Å². The van der Waals surface area contributed by atoms with E-state index in [0.717, 1.165) is 0 Å². The summed E-state index contributed by atoms with van der Waals surface area (Å²) in [5.74, 6) is -12.5. The fourth-order valence-corrected chi connectivity index (χ4v) is 1.13. The third-order valence-electron chi connectivity index (χ3n) is 2.01. The first-order chi connectivity index (χ1) is 8.41. The molecule has 3 nitrogen and oxygen atoms in total. The molecule has 0 aliphatic carbocycles. The molecule has 0 spiro atoms. The Bertz CT molecular complexity index is 315. The Labute approximate surface area is 101 Å². The number of hydrogen-bond donors (Lipinski definition) is 1. The lowest BCUT2D eigenvalue weighted by atomic mass is 9.97. The van der Waals surface area contributed by atoms with E-state index >= 15 is 0 Å². The summed E-state index contributed by atoms with van der Waals surface area (Å²) in [5, 5.41) is 1.41. The largest absolute Gasteiger partial charge is 0.452 e. The Kier molecular flexibility index (Phi) is 5.53. The fraction of sp³-hybridized carbons (Fsp3) is 0.875. The summed E-state index contributed by atoms with van der Waals surface area (Å²) in [4.78, 5) is 12.8. The van der Waals surface area contributed by atoms with Gasteiger partial charge < -0.3 is 5.32 Å². The van der Waals surface area contributed by atoms with Crippen molar-refractivity contribution in [2.75, 3.05) is 6.54 Å². The number of nitrogens with one attached hydrogen (secondary N) is 1. The molecule has 1 N–H and O–H groups in total. The lowest BCUT2D eigenvalue weighted by Crippen LogP contribution is -2.59. The lowest BCUT2D eigenvalue weighted by molar-refractivity contribution is -0.435. The van der Waals surface area contributed by atoms with Gasteiger partial charge in [0.15, 0.2) is 0 Å². The molecule has 0 bridgehead atoms. The molecule has 0 aliphatic rings. The van der Waals surface area contributed by atoms with Crippen LogP contribution in [0.4, 0.5) is 35.3 Å². The van der Waals surface area contributed by atoms with Crippen LogP contribution in [-0.4, -0.2) is 30.7 Å². The molecule has 0 aromatic carbocycles. The maximum atomic E-state index is 13.2. The number of carbonyl (C=O) groups excluding carboxylic acids is 1. The average molecular weight is 303 g/mol. The predicted octanol–water partition coefficient (Wildman–Crippen LogP) is 2.82. The van der Waals surface area contributed by atoms with Crippen molar-refractivity contribution >= 4 is 5.91 Å². The molecule has 0 aromatic heterocycles. The van der Waals surface area contributed by atoms with E-state index < -0.39 is 36.6 Å². The maximum absolute atomic E-state index is 13.2. The van der Waals surface area contributed by atoms with Gasteiger partial charge in [0.05, 0.1) is 0 Å². The summed E-state index contributed by atoms with van der Waals surface area (Å²) in [6, 6.07) is 0. The first-order valence-corrected chi connectivity index (χ1v) is 4.81. The summed E-state index contributed by atoms with van der Waals surface area (Å²) in [6.45, 7) is 0.951. The minimum Gasteiger partial charge on any atom is -0.355 e. The number of halogens is 8. The van der Waals surface area contributed by atoms with Gasteiger partial charge in [-0.1, -0.05) is 6.92 Å². The second kappa shape index (κ2) is 5.88. The summed E-state index contributed by atoms with van der Waals surface area (Å²) < 4.78 is 98.4. The molecule has 11 heteroatoms. The van der Waals surface area contributed by atoms with Gasteiger partial charge in [-0.15, -0.1) is 4.94 Å². The van der Waals surface area contributed by atoms with Crippen LogP contribution in [0.2, 0.25) is 0 Å². The van der Waals surface area contributed by atoms with E-state index in [1.165, 1.54) is 12.2 Å². The number of amides is 1. The fourth-order valence-electron chi connectivity index (χ4n) is 1.13. The number of carbonyl (C=O) groups is 1. The molecule has 19 heavy (non-hydrogen) atoms. The highest BCUT2D eigenvalue weighted by molar-refractivity contribution is 5.80. The molecule has 114 valence electrons. The normalized spacial score (nSPS) is 17.7. The van der Waals surface area contributed by atoms with Crippen LogP contribution in [0.15, 0.2) is 0 Å². The van der Waals surface area contributed by atoms with Crippen LogP contribution in [0.25, 0.3) is 0 Å². The Hall–Kier alpha value is -1.13. The molecule has 0 rings (SSSR count). The van der Waals surface area contributed by atoms with E-state index in [9.17, 15) is 40.1 Å². The highest BCUT2D eigenvalue weighted by atomic mass is 19.4. The zero-order valence-electron chi connectivity index (χ0n) is 9.33. The van der Waals surface area contributed by atoms with Crippen molar-refractivity contribution in [3.8, 4) is 0 Å². The van der Waals surface area contributed by atoms with Gasteiger partial charge in [-0.2, -0.15) is 30.7 Å². The van der Waals surface area contributed by atoms with E-state index in [1.54, 1.807) is 0 Å². The van der Waals surface area contributed by atoms with Gasteiger partial charge in [0.1, 0.15) is 0 Å². The first kappa shape index (κ1) is 17.9. The van der Waals surface area contributed by atoms with E-state index in [1.807, 2.05) is 4.94 Å². The Morgan fingerprint density at radius 1 is 1.16 bits per heavy atom. The second-order valence-corrected chi connectivity index (χ2v) is 3.49. The molecular formula is C8H9F8NO2. The highest BCUT2D eigenvalue weighted by Gasteiger charge is 2.73. The van der Waals surface area contributed by atoms with Crippen molar-refractivity contribution in [2.45, 2.75) is 31.6 Å². The van der Waals surface area contributed by atoms with Crippen LogP contribution < -0.4 is 5.32 Å². The van der Waals surface area contributed by atoms with E-state index in [2.05, 4.69) is 0 Å². The van der Waals surface area contributed by atoms with Crippen LogP contribution in [-0.2, 0) is 9.74 Å². The van der Waals surface area contributed by atoms with Crippen LogP contribution in [0.1, 0.15) is 13.3 Å². The SMILES string of the molecule is CCCNC(=O)C(C(F)(F)F)C(F)(OF)C(F)(F)F. The second-order valence-electron chi connectivity index (χ2n) is 3.49. The zero-order chi connectivity index (χ0) is 15.5. The minimum atomic E-state index is -6.38. The summed E-state index contributed by atoms with van der Waals surface area (Å²) in [5.41, 5.74) is 0. The van der Waals surface area contributed by atoms with Gasteiger partial charge in [-0.3, -0.25) is 4.79 Å². The minimum absolute atomic E-state index is 0.0815. The monoisotopic (exact) mass is 303 g/mol.